The van der Waals surface area contributed by atoms with Crippen LogP contribution in [0.4, 0.5) is 5.69 Å². The molecule has 0 amide bonds. The second kappa shape index (κ2) is 9.21. The van der Waals surface area contributed by atoms with Crippen LogP contribution in [0.2, 0.25) is 10.0 Å². The maximum absolute atomic E-state index is 9.78. The predicted molar refractivity (Wildman–Crippen MR) is 116 cm³/mol. The average molecular weight is 445 g/mol. The van der Waals surface area contributed by atoms with Crippen molar-refractivity contribution in [1.29, 1.82) is 0 Å². The number of ether oxygens (including phenoxy) is 1. The molecule has 0 saturated heterocycles. The Labute approximate surface area is 184 Å². The molecule has 0 aliphatic rings. The third-order valence-corrected chi connectivity index (χ3v) is 5.71. The summed E-state index contributed by atoms with van der Waals surface area (Å²) in [4.78, 5) is 3.67. The lowest BCUT2D eigenvalue weighted by Crippen LogP contribution is -1.95. The smallest absolute Gasteiger partial charge is 0.441 e. The number of hydrogen-bond donors (Lipinski definition) is 1. The zero-order chi connectivity index (χ0) is 21.8. The molecule has 2 aromatic carbocycles. The van der Waals surface area contributed by atoms with Gasteiger partial charge < -0.3 is 14.4 Å². The van der Waals surface area contributed by atoms with Crippen LogP contribution in [-0.2, 0) is 11.3 Å². The molecule has 0 radical (unpaired) electrons. The van der Waals surface area contributed by atoms with Crippen molar-refractivity contribution < 1.29 is 19.2 Å². The predicted octanol–water partition coefficient (Wildman–Crippen LogP) is 6.46. The molecule has 8 heteroatoms. The first-order valence-corrected chi connectivity index (χ1v) is 9.86. The van der Waals surface area contributed by atoms with E-state index in [1.54, 1.807) is 6.07 Å². The molecular weight excluding hydrogens is 425 g/mol. The summed E-state index contributed by atoms with van der Waals surface area (Å²) in [6, 6.07) is 9.14. The molecular formula is C22H20Cl2N3O3+. The average Bonchev–Trinajstić information content (AvgIpc) is 3.19. The lowest BCUT2D eigenvalue weighted by Gasteiger charge is -2.14. The highest BCUT2D eigenvalue weighted by molar-refractivity contribution is 6.37. The lowest BCUT2D eigenvalue weighted by molar-refractivity contribution is -0.0723. The van der Waals surface area contributed by atoms with Gasteiger partial charge in [-0.3, -0.25) is 0 Å². The van der Waals surface area contributed by atoms with Crippen molar-refractivity contribution in [3.63, 3.8) is 0 Å². The first kappa shape index (κ1) is 21.7. The molecule has 0 fully saturated rings. The van der Waals surface area contributed by atoms with Crippen LogP contribution in [0.15, 0.2) is 45.9 Å². The Morgan fingerprint density at radius 2 is 1.73 bits per heavy atom. The van der Waals surface area contributed by atoms with Gasteiger partial charge in [0.2, 0.25) is 0 Å². The topological polar surface area (TPSA) is 82.0 Å². The number of halogens is 2. The van der Waals surface area contributed by atoms with E-state index in [2.05, 4.69) is 20.9 Å². The molecule has 0 unspecified atom stereocenters. The lowest BCUT2D eigenvalue weighted by atomic mass is 9.97. The molecule has 0 aliphatic heterocycles. The van der Waals surface area contributed by atoms with Crippen LogP contribution in [0.1, 0.15) is 28.0 Å². The van der Waals surface area contributed by atoms with Crippen molar-refractivity contribution in [2.24, 2.45) is 5.11 Å². The first-order valence-electron chi connectivity index (χ1n) is 9.10. The van der Waals surface area contributed by atoms with E-state index in [1.165, 1.54) is 0 Å². The quantitative estimate of drug-likeness (QED) is 0.212. The number of aliphatic hydroxyl groups excluding tert-OH is 1. The van der Waals surface area contributed by atoms with Crippen LogP contribution >= 0.6 is 23.2 Å². The van der Waals surface area contributed by atoms with Gasteiger partial charge in [0.1, 0.15) is 21.3 Å². The summed E-state index contributed by atoms with van der Waals surface area (Å²) in [6.45, 7) is 7.60. The number of hydrogen-bond acceptors (Lipinski definition) is 5. The van der Waals surface area contributed by atoms with Crippen molar-refractivity contribution in [2.75, 3.05) is 0 Å². The Kier molecular flexibility index (Phi) is 6.66. The van der Waals surface area contributed by atoms with Gasteiger partial charge in [-0.2, -0.15) is 0 Å². The van der Waals surface area contributed by atoms with E-state index in [4.69, 9.17) is 32.5 Å². The van der Waals surface area contributed by atoms with Gasteiger partial charge in [0.15, 0.2) is 12.4 Å². The fraction of sp³-hybridized carbons (Fsp3) is 0.227. The Hall–Kier alpha value is -3.01. The van der Waals surface area contributed by atoms with Crippen LogP contribution in [0.3, 0.4) is 0 Å². The van der Waals surface area contributed by atoms with Gasteiger partial charge in [-0.1, -0.05) is 46.1 Å². The Bertz CT molecular complexity index is 1160. The monoisotopic (exact) mass is 444 g/mol. The number of benzene rings is 2. The maximum Gasteiger partial charge on any atom is 0.441 e. The van der Waals surface area contributed by atoms with Crippen molar-refractivity contribution >= 4 is 34.8 Å². The Balaban J connectivity index is 1.75. The molecule has 1 aromatic heterocycles. The zero-order valence-corrected chi connectivity index (χ0v) is 18.5. The number of rotatable bonds is 5. The fourth-order valence-corrected chi connectivity index (χ4v) is 3.38. The number of aliphatic hydroxyl groups is 1. The zero-order valence-electron chi connectivity index (χ0n) is 17.0. The molecule has 0 spiro atoms. The normalized spacial score (nSPS) is 10.3. The van der Waals surface area contributed by atoms with Gasteiger partial charge in [0.05, 0.1) is 0 Å². The van der Waals surface area contributed by atoms with E-state index in [0.717, 1.165) is 27.8 Å². The van der Waals surface area contributed by atoms with Gasteiger partial charge in [0, 0.05) is 21.7 Å². The summed E-state index contributed by atoms with van der Waals surface area (Å²) in [5, 5.41) is 19.0. The molecule has 1 N–H and O–H groups in total. The van der Waals surface area contributed by atoms with Crippen molar-refractivity contribution in [1.82, 2.24) is 5.16 Å². The van der Waals surface area contributed by atoms with Crippen molar-refractivity contribution in [2.45, 2.75) is 34.3 Å². The third kappa shape index (κ3) is 4.76. The number of nitrogens with zero attached hydrogens (tertiary/aromatic N) is 3. The highest BCUT2D eigenvalue weighted by Gasteiger charge is 2.19. The summed E-state index contributed by atoms with van der Waals surface area (Å²) in [6.07, 6.45) is 0. The summed E-state index contributed by atoms with van der Waals surface area (Å²) in [5.41, 5.74) is 5.71. The molecule has 0 bridgehead atoms. The minimum atomic E-state index is -0.516. The fourth-order valence-electron chi connectivity index (χ4n) is 2.95. The Morgan fingerprint density at radius 3 is 2.37 bits per heavy atom. The molecule has 30 heavy (non-hydrogen) atoms. The molecule has 3 rings (SSSR count). The highest BCUT2D eigenvalue weighted by Crippen LogP contribution is 2.39. The van der Waals surface area contributed by atoms with E-state index in [0.29, 0.717) is 27.2 Å². The van der Waals surface area contributed by atoms with E-state index >= 15 is 0 Å². The summed E-state index contributed by atoms with van der Waals surface area (Å²) in [7, 11) is 0. The third-order valence-electron chi connectivity index (χ3n) is 4.58. The van der Waals surface area contributed by atoms with Gasteiger partial charge in [-0.05, 0) is 56.5 Å². The van der Waals surface area contributed by atoms with Crippen molar-refractivity contribution in [3.05, 3.63) is 74.3 Å². The van der Waals surface area contributed by atoms with E-state index in [9.17, 15) is 5.11 Å². The van der Waals surface area contributed by atoms with Crippen LogP contribution in [-0.4, -0.2) is 20.9 Å². The highest BCUT2D eigenvalue weighted by atomic mass is 35.5. The molecule has 3 aromatic rings. The number of aryl methyl sites for hydroxylation is 1. The minimum Gasteiger partial charge on any atom is -0.470 e. The first-order chi connectivity index (χ1) is 14.3. The van der Waals surface area contributed by atoms with Crippen LogP contribution < -0.4 is 0 Å². The molecule has 0 aliphatic carbocycles. The molecule has 6 nitrogen and oxygen atoms in total. The van der Waals surface area contributed by atoms with Gasteiger partial charge >= 0.3 is 11.8 Å². The van der Waals surface area contributed by atoms with E-state index in [-0.39, 0.29) is 6.61 Å². The largest absolute Gasteiger partial charge is 0.470 e. The SMILES string of the molecule is Cc1ccc(N=[N+]=C=C(O)OCc2cc(-c3c(C)c(Cl)c(C)c(Cl)c3C)no2)cc1. The molecule has 0 atom stereocenters. The van der Waals surface area contributed by atoms with E-state index in [1.807, 2.05) is 52.0 Å². The van der Waals surface area contributed by atoms with Gasteiger partial charge in [-0.25, -0.2) is 0 Å². The molecule has 0 saturated carbocycles. The summed E-state index contributed by atoms with van der Waals surface area (Å²) < 4.78 is 10.5. The number of aromatic nitrogens is 1. The summed E-state index contributed by atoms with van der Waals surface area (Å²) in [5.74, 6) is 2.19. The minimum absolute atomic E-state index is 0.0582. The second-order valence-corrected chi connectivity index (χ2v) is 7.55. The van der Waals surface area contributed by atoms with E-state index < -0.39 is 5.95 Å². The second-order valence-electron chi connectivity index (χ2n) is 6.80. The molecule has 1 heterocycles. The Morgan fingerprint density at radius 1 is 1.10 bits per heavy atom. The maximum atomic E-state index is 9.78. The van der Waals surface area contributed by atoms with Gasteiger partial charge in [0.25, 0.3) is 0 Å². The van der Waals surface area contributed by atoms with Gasteiger partial charge in [-0.15, -0.1) is 0 Å². The van der Waals surface area contributed by atoms with Crippen molar-refractivity contribution in [3.8, 4) is 11.3 Å². The molecule has 154 valence electrons. The summed E-state index contributed by atoms with van der Waals surface area (Å²) >= 11 is 12.8. The van der Waals surface area contributed by atoms with Crippen LogP contribution in [0.25, 0.3) is 11.3 Å². The standard InChI is InChI=1S/C22H19Cl2N3O3/c1-12-5-7-16(8-6-12)26-25-10-19(28)29-11-17-9-18(27-30-17)20-13(2)21(23)15(4)22(24)14(20)3/h5-9H,11H2,1-4H3/p+1. The van der Waals surface area contributed by atoms with Crippen LogP contribution in [0, 0.1) is 27.7 Å². The van der Waals surface area contributed by atoms with Crippen LogP contribution in [0.5, 0.6) is 0 Å².